The van der Waals surface area contributed by atoms with Crippen molar-refractivity contribution in [2.24, 2.45) is 0 Å². The first-order chi connectivity index (χ1) is 7.95. The molecule has 0 N–H and O–H groups in total. The number of hydrogen-bond donors (Lipinski definition) is 0. The van der Waals surface area contributed by atoms with Gasteiger partial charge in [0.25, 0.3) is 0 Å². The fourth-order valence-corrected chi connectivity index (χ4v) is 2.93. The van der Waals surface area contributed by atoms with Crippen LogP contribution in [0.15, 0.2) is 12.4 Å². The lowest BCUT2D eigenvalue weighted by Gasteiger charge is -2.25. The first-order valence-corrected chi connectivity index (χ1v) is 7.25. The standard InChI is InChI=1S/C11H20N4S/c1(3-7-15-12-4-5-13-15)2-6-14-8-10-16-11-9-14/h4-5H,1-3,6-11H2. The number of aryl methyl sites for hydroxylation is 1. The third kappa shape index (κ3) is 4.14. The highest BCUT2D eigenvalue weighted by Gasteiger charge is 2.08. The molecule has 2 heterocycles. The molecule has 2 rings (SSSR count). The van der Waals surface area contributed by atoms with Crippen molar-refractivity contribution in [1.29, 1.82) is 0 Å². The van der Waals surface area contributed by atoms with Gasteiger partial charge < -0.3 is 4.90 Å². The number of rotatable bonds is 6. The van der Waals surface area contributed by atoms with Gasteiger partial charge >= 0.3 is 0 Å². The second-order valence-electron chi connectivity index (χ2n) is 4.14. The van der Waals surface area contributed by atoms with Gasteiger partial charge in [0.2, 0.25) is 0 Å². The van der Waals surface area contributed by atoms with Crippen LogP contribution in [0.5, 0.6) is 0 Å². The van der Waals surface area contributed by atoms with Crippen LogP contribution >= 0.6 is 11.8 Å². The zero-order valence-corrected chi connectivity index (χ0v) is 10.5. The van der Waals surface area contributed by atoms with Crippen LogP contribution in [0.1, 0.15) is 19.3 Å². The minimum Gasteiger partial charge on any atom is -0.302 e. The summed E-state index contributed by atoms with van der Waals surface area (Å²) >= 11 is 2.08. The van der Waals surface area contributed by atoms with Crippen molar-refractivity contribution < 1.29 is 0 Å². The first-order valence-electron chi connectivity index (χ1n) is 6.09. The van der Waals surface area contributed by atoms with E-state index >= 15 is 0 Å². The topological polar surface area (TPSA) is 34.0 Å². The van der Waals surface area contributed by atoms with Crippen molar-refractivity contribution in [2.45, 2.75) is 25.8 Å². The van der Waals surface area contributed by atoms with Crippen LogP contribution in [0.3, 0.4) is 0 Å². The Morgan fingerprint density at radius 2 is 1.62 bits per heavy atom. The van der Waals surface area contributed by atoms with E-state index in [2.05, 4.69) is 26.9 Å². The smallest absolute Gasteiger partial charge is 0.0693 e. The van der Waals surface area contributed by atoms with Crippen molar-refractivity contribution in [3.05, 3.63) is 12.4 Å². The minimum atomic E-state index is 0.961. The van der Waals surface area contributed by atoms with Crippen LogP contribution < -0.4 is 0 Å². The fourth-order valence-electron chi connectivity index (χ4n) is 1.95. The SMILES string of the molecule is c1cnn(CCCCCN2CCSCC2)n1. The number of aromatic nitrogens is 3. The summed E-state index contributed by atoms with van der Waals surface area (Å²) < 4.78 is 0. The minimum absolute atomic E-state index is 0.961. The summed E-state index contributed by atoms with van der Waals surface area (Å²) in [6.07, 6.45) is 7.27. The monoisotopic (exact) mass is 240 g/mol. The molecule has 16 heavy (non-hydrogen) atoms. The molecule has 1 aliphatic rings. The summed E-state index contributed by atoms with van der Waals surface area (Å²) in [5, 5.41) is 8.19. The first kappa shape index (κ1) is 11.9. The van der Waals surface area contributed by atoms with Crippen LogP contribution in [0.2, 0.25) is 0 Å². The lowest BCUT2D eigenvalue weighted by atomic mass is 10.2. The molecule has 0 aromatic carbocycles. The highest BCUT2D eigenvalue weighted by Crippen LogP contribution is 2.10. The second kappa shape index (κ2) is 6.91. The summed E-state index contributed by atoms with van der Waals surface area (Å²) in [4.78, 5) is 4.36. The normalized spacial score (nSPS) is 17.8. The van der Waals surface area contributed by atoms with Gasteiger partial charge in [0.1, 0.15) is 0 Å². The van der Waals surface area contributed by atoms with Gasteiger partial charge in [-0.3, -0.25) is 0 Å². The largest absolute Gasteiger partial charge is 0.302 e. The van der Waals surface area contributed by atoms with E-state index in [4.69, 9.17) is 0 Å². The molecule has 1 aromatic heterocycles. The van der Waals surface area contributed by atoms with Crippen molar-refractivity contribution in [3.63, 3.8) is 0 Å². The van der Waals surface area contributed by atoms with Gasteiger partial charge in [-0.2, -0.15) is 26.8 Å². The number of thioether (sulfide) groups is 1. The fraction of sp³-hybridized carbons (Fsp3) is 0.818. The molecule has 90 valence electrons. The number of hydrogen-bond acceptors (Lipinski definition) is 4. The van der Waals surface area contributed by atoms with Gasteiger partial charge in [-0.05, 0) is 19.4 Å². The predicted molar refractivity (Wildman–Crippen MR) is 67.6 cm³/mol. The summed E-state index contributed by atoms with van der Waals surface area (Å²) in [5.41, 5.74) is 0. The quantitative estimate of drug-likeness (QED) is 0.706. The second-order valence-corrected chi connectivity index (χ2v) is 5.36. The molecule has 0 atom stereocenters. The maximum Gasteiger partial charge on any atom is 0.0693 e. The van der Waals surface area contributed by atoms with Crippen molar-refractivity contribution in [3.8, 4) is 0 Å². The molecule has 0 spiro atoms. The molecule has 0 amide bonds. The molecule has 5 heteroatoms. The van der Waals surface area contributed by atoms with Gasteiger partial charge in [0, 0.05) is 24.6 Å². The van der Waals surface area contributed by atoms with E-state index < -0.39 is 0 Å². The molecular formula is C11H20N4S. The molecule has 4 nitrogen and oxygen atoms in total. The van der Waals surface area contributed by atoms with E-state index in [1.165, 1.54) is 50.4 Å². The Hall–Kier alpha value is -0.550. The Balaban J connectivity index is 1.48. The average Bonchev–Trinajstić information content (AvgIpc) is 2.83. The number of unbranched alkanes of at least 4 members (excludes halogenated alkanes) is 2. The Morgan fingerprint density at radius 3 is 2.38 bits per heavy atom. The summed E-state index contributed by atoms with van der Waals surface area (Å²) in [5.74, 6) is 2.63. The maximum atomic E-state index is 4.10. The van der Waals surface area contributed by atoms with E-state index in [9.17, 15) is 0 Å². The Kier molecular flexibility index (Phi) is 5.15. The average molecular weight is 240 g/mol. The maximum absolute atomic E-state index is 4.10. The van der Waals surface area contributed by atoms with Gasteiger partial charge in [-0.15, -0.1) is 0 Å². The van der Waals surface area contributed by atoms with E-state index in [0.717, 1.165) is 6.54 Å². The lowest BCUT2D eigenvalue weighted by Crippen LogP contribution is -2.33. The van der Waals surface area contributed by atoms with Crippen molar-refractivity contribution >= 4 is 11.8 Å². The summed E-state index contributed by atoms with van der Waals surface area (Å²) in [6, 6.07) is 0. The van der Waals surface area contributed by atoms with Gasteiger partial charge in [-0.25, -0.2) is 0 Å². The number of nitrogens with zero attached hydrogens (tertiary/aromatic N) is 4. The zero-order valence-electron chi connectivity index (χ0n) is 9.72. The van der Waals surface area contributed by atoms with Crippen LogP contribution in [0.4, 0.5) is 0 Å². The lowest BCUT2D eigenvalue weighted by molar-refractivity contribution is 0.292. The molecule has 0 bridgehead atoms. The van der Waals surface area contributed by atoms with E-state index in [0.29, 0.717) is 0 Å². The van der Waals surface area contributed by atoms with E-state index in [1.54, 1.807) is 17.2 Å². The van der Waals surface area contributed by atoms with Crippen molar-refractivity contribution in [1.82, 2.24) is 19.9 Å². The van der Waals surface area contributed by atoms with Gasteiger partial charge in [0.15, 0.2) is 0 Å². The van der Waals surface area contributed by atoms with E-state index in [-0.39, 0.29) is 0 Å². The van der Waals surface area contributed by atoms with Crippen LogP contribution in [0, 0.1) is 0 Å². The van der Waals surface area contributed by atoms with E-state index in [1.807, 2.05) is 0 Å². The molecule has 0 saturated carbocycles. The van der Waals surface area contributed by atoms with Crippen LogP contribution in [0.25, 0.3) is 0 Å². The highest BCUT2D eigenvalue weighted by molar-refractivity contribution is 7.99. The Morgan fingerprint density at radius 1 is 0.938 bits per heavy atom. The summed E-state index contributed by atoms with van der Waals surface area (Å²) in [7, 11) is 0. The third-order valence-corrected chi connectivity index (χ3v) is 3.85. The third-order valence-electron chi connectivity index (χ3n) is 2.90. The Labute approximate surface area is 101 Å². The predicted octanol–water partition coefficient (Wildman–Crippen LogP) is 1.50. The molecule has 1 aromatic rings. The Bertz CT molecular complexity index is 270. The highest BCUT2D eigenvalue weighted by atomic mass is 32.2. The molecular weight excluding hydrogens is 220 g/mol. The zero-order chi connectivity index (χ0) is 11.1. The van der Waals surface area contributed by atoms with Gasteiger partial charge in [-0.1, -0.05) is 6.42 Å². The molecule has 1 fully saturated rings. The molecule has 1 saturated heterocycles. The molecule has 0 radical (unpaired) electrons. The van der Waals surface area contributed by atoms with Crippen molar-refractivity contribution in [2.75, 3.05) is 31.1 Å². The van der Waals surface area contributed by atoms with Crippen LogP contribution in [-0.4, -0.2) is 51.0 Å². The molecule has 0 unspecified atom stereocenters. The molecule has 0 aliphatic carbocycles. The molecule has 1 aliphatic heterocycles. The van der Waals surface area contributed by atoms with Crippen LogP contribution in [-0.2, 0) is 6.54 Å². The van der Waals surface area contributed by atoms with Gasteiger partial charge in [0.05, 0.1) is 18.9 Å². The summed E-state index contributed by atoms with van der Waals surface area (Å²) in [6.45, 7) is 4.80.